The van der Waals surface area contributed by atoms with Gasteiger partial charge in [-0.15, -0.1) is 0 Å². The lowest BCUT2D eigenvalue weighted by Crippen LogP contribution is -2.68. The highest BCUT2D eigenvalue weighted by molar-refractivity contribution is 5.18. The molecule has 4 N–H and O–H groups in total. The molecule has 0 aromatic heterocycles. The summed E-state index contributed by atoms with van der Waals surface area (Å²) in [4.78, 5) is 0. The van der Waals surface area contributed by atoms with E-state index >= 15 is 0 Å². The van der Waals surface area contributed by atoms with Gasteiger partial charge in [0.05, 0.1) is 18.3 Å². The molecule has 0 aromatic rings. The van der Waals surface area contributed by atoms with E-state index in [1.54, 1.807) is 0 Å². The third-order valence-electron chi connectivity index (χ3n) is 5.87. The maximum atomic E-state index is 10.9. The van der Waals surface area contributed by atoms with Crippen LogP contribution >= 0.6 is 0 Å². The molecule has 6 unspecified atom stereocenters. The van der Waals surface area contributed by atoms with E-state index in [1.807, 2.05) is 6.92 Å². The summed E-state index contributed by atoms with van der Waals surface area (Å²) in [6.07, 6.45) is 0.722. The van der Waals surface area contributed by atoms with Gasteiger partial charge in [0, 0.05) is 11.3 Å². The monoisotopic (exact) mass is 270 g/mol. The zero-order valence-electron chi connectivity index (χ0n) is 11.8. The van der Waals surface area contributed by atoms with E-state index in [1.165, 1.54) is 0 Å². The minimum Gasteiger partial charge on any atom is -0.392 e. The summed E-state index contributed by atoms with van der Waals surface area (Å²) in [5.74, 6) is -0.0896. The van der Waals surface area contributed by atoms with Crippen molar-refractivity contribution in [2.75, 3.05) is 6.61 Å². The lowest BCUT2D eigenvalue weighted by molar-refractivity contribution is -0.254. The molecule has 4 heteroatoms. The smallest absolute Gasteiger partial charge is 0.110 e. The molecule has 4 nitrogen and oxygen atoms in total. The van der Waals surface area contributed by atoms with E-state index < -0.39 is 23.2 Å². The summed E-state index contributed by atoms with van der Waals surface area (Å²) >= 11 is 0. The van der Waals surface area contributed by atoms with Crippen molar-refractivity contribution in [3.63, 3.8) is 0 Å². The van der Waals surface area contributed by atoms with E-state index in [4.69, 9.17) is 0 Å². The first kappa shape index (κ1) is 15.0. The summed E-state index contributed by atoms with van der Waals surface area (Å²) in [6.45, 7) is 7.68. The molecular formula is C15H26O4. The molecule has 6 atom stereocenters. The number of aliphatic hydroxyl groups is 4. The predicted molar refractivity (Wildman–Crippen MR) is 72.4 cm³/mol. The van der Waals surface area contributed by atoms with Gasteiger partial charge in [-0.2, -0.15) is 0 Å². The fourth-order valence-electron chi connectivity index (χ4n) is 4.16. The summed E-state index contributed by atoms with van der Waals surface area (Å²) in [5, 5.41) is 40.8. The Morgan fingerprint density at radius 2 is 2.00 bits per heavy atom. The number of fused-ring (bicyclic) bond motifs is 1. The third kappa shape index (κ3) is 1.97. The van der Waals surface area contributed by atoms with E-state index in [0.717, 1.165) is 12.8 Å². The Morgan fingerprint density at radius 3 is 2.58 bits per heavy atom. The normalized spacial score (nSPS) is 50.6. The lowest BCUT2D eigenvalue weighted by Gasteiger charge is -2.60. The van der Waals surface area contributed by atoms with Crippen molar-refractivity contribution in [1.29, 1.82) is 0 Å². The standard InChI is InChI=1S/C15H26O4/c1-9(8-16)11-7-14(3)10(2)5-4-6-15(14,19)13(18)12(11)17/h10-13,16-19H,1,4-8H2,2-3H3. The quantitative estimate of drug-likeness (QED) is 0.560. The molecule has 0 aliphatic heterocycles. The molecular weight excluding hydrogens is 244 g/mol. The third-order valence-corrected chi connectivity index (χ3v) is 5.87. The summed E-state index contributed by atoms with van der Waals surface area (Å²) in [5.41, 5.74) is -1.16. The molecule has 0 radical (unpaired) electrons. The second kappa shape index (κ2) is 4.85. The molecule has 19 heavy (non-hydrogen) atoms. The second-order valence-electron chi connectivity index (χ2n) is 6.70. The van der Waals surface area contributed by atoms with Crippen LogP contribution in [0.1, 0.15) is 39.5 Å². The molecule has 0 amide bonds. The zero-order chi connectivity index (χ0) is 14.4. The van der Waals surface area contributed by atoms with Gasteiger partial charge in [-0.3, -0.25) is 0 Å². The van der Waals surface area contributed by atoms with Crippen LogP contribution in [0.4, 0.5) is 0 Å². The molecule has 0 spiro atoms. The average molecular weight is 270 g/mol. The lowest BCUT2D eigenvalue weighted by atomic mass is 9.49. The Kier molecular flexibility index (Phi) is 3.82. The van der Waals surface area contributed by atoms with Gasteiger partial charge in [-0.25, -0.2) is 0 Å². The van der Waals surface area contributed by atoms with Gasteiger partial charge >= 0.3 is 0 Å². The first-order valence-electron chi connectivity index (χ1n) is 7.15. The van der Waals surface area contributed by atoms with Gasteiger partial charge in [0.1, 0.15) is 6.10 Å². The fourth-order valence-corrected chi connectivity index (χ4v) is 4.16. The van der Waals surface area contributed by atoms with Crippen LogP contribution in [0.15, 0.2) is 12.2 Å². The van der Waals surface area contributed by atoms with Crippen molar-refractivity contribution < 1.29 is 20.4 Å². The number of hydrogen-bond donors (Lipinski definition) is 4. The SMILES string of the molecule is C=C(CO)C1CC2(C)C(C)CCCC2(O)C(O)C1O. The van der Waals surface area contributed by atoms with Crippen LogP contribution in [-0.4, -0.2) is 44.8 Å². The first-order chi connectivity index (χ1) is 8.78. The van der Waals surface area contributed by atoms with Gasteiger partial charge in [-0.1, -0.05) is 26.8 Å². The van der Waals surface area contributed by atoms with Crippen molar-refractivity contribution in [2.24, 2.45) is 17.3 Å². The first-order valence-corrected chi connectivity index (χ1v) is 7.15. The highest BCUT2D eigenvalue weighted by Crippen LogP contribution is 2.57. The van der Waals surface area contributed by atoms with Crippen LogP contribution in [0.5, 0.6) is 0 Å². The fraction of sp³-hybridized carbons (Fsp3) is 0.867. The zero-order valence-corrected chi connectivity index (χ0v) is 11.8. The van der Waals surface area contributed by atoms with Gasteiger partial charge in [0.2, 0.25) is 0 Å². The topological polar surface area (TPSA) is 80.9 Å². The Bertz CT molecular complexity index is 369. The van der Waals surface area contributed by atoms with Crippen LogP contribution in [0, 0.1) is 17.3 Å². The van der Waals surface area contributed by atoms with Gasteiger partial charge < -0.3 is 20.4 Å². The van der Waals surface area contributed by atoms with E-state index in [2.05, 4.69) is 13.5 Å². The summed E-state index contributed by atoms with van der Waals surface area (Å²) in [6, 6.07) is 0. The molecule has 0 saturated heterocycles. The van der Waals surface area contributed by atoms with Crippen molar-refractivity contribution >= 4 is 0 Å². The summed E-state index contributed by atoms with van der Waals surface area (Å²) in [7, 11) is 0. The highest BCUT2D eigenvalue weighted by Gasteiger charge is 2.62. The number of rotatable bonds is 2. The Balaban J connectivity index is 2.39. The molecule has 0 aromatic carbocycles. The predicted octanol–water partition coefficient (Wildman–Crippen LogP) is 0.834. The van der Waals surface area contributed by atoms with E-state index in [0.29, 0.717) is 18.4 Å². The van der Waals surface area contributed by atoms with E-state index in [-0.39, 0.29) is 18.4 Å². The molecule has 2 fully saturated rings. The van der Waals surface area contributed by atoms with Crippen LogP contribution in [0.3, 0.4) is 0 Å². The second-order valence-corrected chi connectivity index (χ2v) is 6.70. The van der Waals surface area contributed by atoms with Crippen molar-refractivity contribution in [3.8, 4) is 0 Å². The maximum absolute atomic E-state index is 10.9. The van der Waals surface area contributed by atoms with E-state index in [9.17, 15) is 20.4 Å². The molecule has 2 aliphatic rings. The summed E-state index contributed by atoms with van der Waals surface area (Å²) < 4.78 is 0. The number of hydrogen-bond acceptors (Lipinski definition) is 4. The van der Waals surface area contributed by atoms with Gasteiger partial charge in [0.15, 0.2) is 0 Å². The van der Waals surface area contributed by atoms with Gasteiger partial charge in [0.25, 0.3) is 0 Å². The average Bonchev–Trinajstić information content (AvgIpc) is 2.38. The Labute approximate surface area is 114 Å². The molecule has 0 heterocycles. The van der Waals surface area contributed by atoms with Gasteiger partial charge in [-0.05, 0) is 30.8 Å². The van der Waals surface area contributed by atoms with Crippen molar-refractivity contribution in [1.82, 2.24) is 0 Å². The molecule has 2 saturated carbocycles. The van der Waals surface area contributed by atoms with Crippen LogP contribution in [0.2, 0.25) is 0 Å². The molecule has 0 bridgehead atoms. The highest BCUT2D eigenvalue weighted by atomic mass is 16.4. The number of aliphatic hydroxyl groups excluding tert-OH is 3. The van der Waals surface area contributed by atoms with Crippen molar-refractivity contribution in [3.05, 3.63) is 12.2 Å². The minimum atomic E-state index is -1.24. The van der Waals surface area contributed by atoms with Crippen LogP contribution in [0.25, 0.3) is 0 Å². The molecule has 110 valence electrons. The molecule has 2 aliphatic carbocycles. The maximum Gasteiger partial charge on any atom is 0.110 e. The Morgan fingerprint density at radius 1 is 1.37 bits per heavy atom. The van der Waals surface area contributed by atoms with Crippen molar-refractivity contribution in [2.45, 2.75) is 57.3 Å². The Hall–Kier alpha value is -0.420. The molecule has 2 rings (SSSR count). The van der Waals surface area contributed by atoms with Crippen LogP contribution in [-0.2, 0) is 0 Å². The minimum absolute atomic E-state index is 0.197. The largest absolute Gasteiger partial charge is 0.392 e. The van der Waals surface area contributed by atoms with Crippen LogP contribution < -0.4 is 0 Å².